The summed E-state index contributed by atoms with van der Waals surface area (Å²) in [7, 11) is 1.59. The molecule has 0 fully saturated rings. The van der Waals surface area contributed by atoms with E-state index in [9.17, 15) is 9.50 Å². The molecule has 0 radical (unpaired) electrons. The Hall–Kier alpha value is -1.75. The third kappa shape index (κ3) is 3.22. The van der Waals surface area contributed by atoms with E-state index in [1.54, 1.807) is 13.2 Å². The first kappa shape index (κ1) is 14.7. The summed E-state index contributed by atoms with van der Waals surface area (Å²) in [6.07, 6.45) is 0. The van der Waals surface area contributed by atoms with E-state index in [-0.39, 0.29) is 11.8 Å². The van der Waals surface area contributed by atoms with Gasteiger partial charge in [0.05, 0.1) is 18.8 Å². The molecule has 0 saturated heterocycles. The Kier molecular flexibility index (Phi) is 4.49. The van der Waals surface area contributed by atoms with Crippen LogP contribution in [0.15, 0.2) is 40.9 Å². The Morgan fingerprint density at radius 3 is 2.65 bits per heavy atom. The van der Waals surface area contributed by atoms with Crippen molar-refractivity contribution in [3.05, 3.63) is 52.3 Å². The third-order valence-corrected chi connectivity index (χ3v) is 3.69. The van der Waals surface area contributed by atoms with E-state index >= 15 is 0 Å². The number of hydrogen-bond acceptors (Lipinski definition) is 3. The van der Waals surface area contributed by atoms with E-state index < -0.39 is 5.82 Å². The number of methoxy groups -OCH3 is 1. The van der Waals surface area contributed by atoms with Crippen molar-refractivity contribution < 1.29 is 14.2 Å². The highest BCUT2D eigenvalue weighted by Gasteiger charge is 2.13. The maximum absolute atomic E-state index is 13.8. The lowest BCUT2D eigenvalue weighted by Gasteiger charge is -2.18. The van der Waals surface area contributed by atoms with Crippen LogP contribution in [-0.4, -0.2) is 12.2 Å². The lowest BCUT2D eigenvalue weighted by Crippen LogP contribution is -2.09. The van der Waals surface area contributed by atoms with Crippen LogP contribution in [0.3, 0.4) is 0 Å². The van der Waals surface area contributed by atoms with Crippen molar-refractivity contribution >= 4 is 21.6 Å². The second kappa shape index (κ2) is 6.13. The number of hydrogen-bond donors (Lipinski definition) is 2. The summed E-state index contributed by atoms with van der Waals surface area (Å²) >= 11 is 3.44. The van der Waals surface area contributed by atoms with Crippen molar-refractivity contribution in [3.63, 3.8) is 0 Å². The summed E-state index contributed by atoms with van der Waals surface area (Å²) in [5.41, 5.74) is 1.29. The van der Waals surface area contributed by atoms with Crippen molar-refractivity contribution in [1.29, 1.82) is 0 Å². The molecule has 0 heterocycles. The van der Waals surface area contributed by atoms with E-state index in [2.05, 4.69) is 21.2 Å². The van der Waals surface area contributed by atoms with Gasteiger partial charge in [0.2, 0.25) is 0 Å². The minimum Gasteiger partial charge on any atom is -0.508 e. The highest BCUT2D eigenvalue weighted by atomic mass is 79.9. The van der Waals surface area contributed by atoms with Crippen molar-refractivity contribution in [1.82, 2.24) is 0 Å². The number of phenolic OH excluding ortho intramolecular Hbond substituents is 1. The molecule has 0 spiro atoms. The van der Waals surface area contributed by atoms with Gasteiger partial charge in [-0.2, -0.15) is 0 Å². The van der Waals surface area contributed by atoms with Crippen molar-refractivity contribution in [2.75, 3.05) is 12.4 Å². The van der Waals surface area contributed by atoms with Crippen molar-refractivity contribution in [3.8, 4) is 11.5 Å². The molecule has 0 aliphatic heterocycles. The molecule has 2 aromatic carbocycles. The average Bonchev–Trinajstić information content (AvgIpc) is 2.41. The normalized spacial score (nSPS) is 12.0. The molecule has 2 aromatic rings. The van der Waals surface area contributed by atoms with E-state index in [4.69, 9.17) is 4.74 Å². The third-order valence-electron chi connectivity index (χ3n) is 3.00. The Morgan fingerprint density at radius 2 is 2.00 bits per heavy atom. The molecule has 5 heteroatoms. The standard InChI is InChI=1S/C15H15BrFNO2/c1-9(12-5-3-10(19)7-14(12)17)18-15-8-11(20-2)4-6-13(15)16/h3-9,18-19H,1-2H3. The number of halogens is 2. The minimum absolute atomic E-state index is 0.0824. The second-order valence-electron chi connectivity index (χ2n) is 4.42. The van der Waals surface area contributed by atoms with Gasteiger partial charge in [0.25, 0.3) is 0 Å². The van der Waals surface area contributed by atoms with E-state index in [1.165, 1.54) is 6.07 Å². The Morgan fingerprint density at radius 1 is 1.25 bits per heavy atom. The van der Waals surface area contributed by atoms with E-state index in [0.29, 0.717) is 11.3 Å². The van der Waals surface area contributed by atoms with Gasteiger partial charge in [0.15, 0.2) is 0 Å². The SMILES string of the molecule is COc1ccc(Br)c(NC(C)c2ccc(O)cc2F)c1. The monoisotopic (exact) mass is 339 g/mol. The van der Waals surface area contributed by atoms with E-state index in [0.717, 1.165) is 16.2 Å². The molecule has 1 atom stereocenters. The van der Waals surface area contributed by atoms with Gasteiger partial charge in [-0.25, -0.2) is 4.39 Å². The van der Waals surface area contributed by atoms with Crippen LogP contribution in [0, 0.1) is 5.82 Å². The molecule has 2 rings (SSSR count). The highest BCUT2D eigenvalue weighted by molar-refractivity contribution is 9.10. The quantitative estimate of drug-likeness (QED) is 0.863. The van der Waals surface area contributed by atoms with Crippen LogP contribution in [0.5, 0.6) is 11.5 Å². The molecular weight excluding hydrogens is 325 g/mol. The molecule has 0 aromatic heterocycles. The molecular formula is C15H15BrFNO2. The molecule has 0 amide bonds. The Labute approximate surface area is 125 Å². The van der Waals surface area contributed by atoms with E-state index in [1.807, 2.05) is 25.1 Å². The van der Waals surface area contributed by atoms with Gasteiger partial charge in [0, 0.05) is 22.2 Å². The van der Waals surface area contributed by atoms with Gasteiger partial charge < -0.3 is 15.2 Å². The van der Waals surface area contributed by atoms with Crippen LogP contribution in [0.25, 0.3) is 0 Å². The number of benzene rings is 2. The highest BCUT2D eigenvalue weighted by Crippen LogP contribution is 2.31. The number of rotatable bonds is 4. The summed E-state index contributed by atoms with van der Waals surface area (Å²) in [5.74, 6) is 0.194. The van der Waals surface area contributed by atoms with Gasteiger partial charge in [-0.1, -0.05) is 6.07 Å². The molecule has 0 aliphatic carbocycles. The molecule has 2 N–H and O–H groups in total. The number of nitrogens with one attached hydrogen (secondary N) is 1. The first-order valence-electron chi connectivity index (χ1n) is 6.09. The fraction of sp³-hybridized carbons (Fsp3) is 0.200. The molecule has 0 bridgehead atoms. The van der Waals surface area contributed by atoms with Gasteiger partial charge in [-0.3, -0.25) is 0 Å². The molecule has 3 nitrogen and oxygen atoms in total. The van der Waals surface area contributed by atoms with Crippen LogP contribution in [0.1, 0.15) is 18.5 Å². The van der Waals surface area contributed by atoms with Gasteiger partial charge in [0.1, 0.15) is 17.3 Å². The summed E-state index contributed by atoms with van der Waals surface area (Å²) in [6.45, 7) is 1.85. The van der Waals surface area contributed by atoms with Crippen molar-refractivity contribution in [2.45, 2.75) is 13.0 Å². The fourth-order valence-electron chi connectivity index (χ4n) is 1.92. The minimum atomic E-state index is -0.441. The molecule has 0 saturated carbocycles. The largest absolute Gasteiger partial charge is 0.508 e. The van der Waals surface area contributed by atoms with Gasteiger partial charge in [-0.05, 0) is 41.1 Å². The first-order chi connectivity index (χ1) is 9.51. The number of anilines is 1. The number of phenols is 1. The van der Waals surface area contributed by atoms with Gasteiger partial charge >= 0.3 is 0 Å². The summed E-state index contributed by atoms with van der Waals surface area (Å²) in [5, 5.41) is 12.4. The molecule has 0 aliphatic rings. The average molecular weight is 340 g/mol. The predicted octanol–water partition coefficient (Wildman–Crippen LogP) is 4.48. The number of ether oxygens (including phenoxy) is 1. The predicted molar refractivity (Wildman–Crippen MR) is 80.8 cm³/mol. The second-order valence-corrected chi connectivity index (χ2v) is 5.27. The first-order valence-corrected chi connectivity index (χ1v) is 6.89. The Balaban J connectivity index is 2.25. The smallest absolute Gasteiger partial charge is 0.132 e. The van der Waals surface area contributed by atoms with Gasteiger partial charge in [-0.15, -0.1) is 0 Å². The zero-order chi connectivity index (χ0) is 14.7. The van der Waals surface area contributed by atoms with Crippen molar-refractivity contribution in [2.24, 2.45) is 0 Å². The molecule has 1 unspecified atom stereocenters. The summed E-state index contributed by atoms with van der Waals surface area (Å²) < 4.78 is 19.8. The maximum atomic E-state index is 13.8. The zero-order valence-electron chi connectivity index (χ0n) is 11.2. The van der Waals surface area contributed by atoms with Crippen LogP contribution < -0.4 is 10.1 Å². The zero-order valence-corrected chi connectivity index (χ0v) is 12.7. The Bertz CT molecular complexity index is 619. The summed E-state index contributed by atoms with van der Waals surface area (Å²) in [6, 6.07) is 9.42. The van der Waals surface area contributed by atoms with Crippen LogP contribution in [-0.2, 0) is 0 Å². The van der Waals surface area contributed by atoms with Crippen LogP contribution >= 0.6 is 15.9 Å². The molecule has 20 heavy (non-hydrogen) atoms. The lowest BCUT2D eigenvalue weighted by molar-refractivity contribution is 0.415. The number of aromatic hydroxyl groups is 1. The van der Waals surface area contributed by atoms with Crippen LogP contribution in [0.4, 0.5) is 10.1 Å². The maximum Gasteiger partial charge on any atom is 0.132 e. The molecule has 106 valence electrons. The summed E-state index contributed by atoms with van der Waals surface area (Å²) in [4.78, 5) is 0. The van der Waals surface area contributed by atoms with Crippen LogP contribution in [0.2, 0.25) is 0 Å². The fourth-order valence-corrected chi connectivity index (χ4v) is 2.28. The lowest BCUT2D eigenvalue weighted by atomic mass is 10.1. The topological polar surface area (TPSA) is 41.5 Å².